The molecule has 0 aliphatic carbocycles. The van der Waals surface area contributed by atoms with E-state index in [1.54, 1.807) is 29.2 Å². The number of para-hydroxylation sites is 2. The summed E-state index contributed by atoms with van der Waals surface area (Å²) in [5, 5.41) is 1.88. The average Bonchev–Trinajstić information content (AvgIpc) is 2.83. The van der Waals surface area contributed by atoms with E-state index in [1.807, 2.05) is 42.5 Å². The minimum atomic E-state index is -3.63. The molecule has 7 nitrogen and oxygen atoms in total. The summed E-state index contributed by atoms with van der Waals surface area (Å²) in [6, 6.07) is 20.1. The van der Waals surface area contributed by atoms with Crippen LogP contribution in [0.2, 0.25) is 0 Å². The van der Waals surface area contributed by atoms with Gasteiger partial charge in [-0.1, -0.05) is 42.5 Å². The lowest BCUT2D eigenvalue weighted by Gasteiger charge is -2.36. The predicted molar refractivity (Wildman–Crippen MR) is 116 cm³/mol. The number of amides is 1. The van der Waals surface area contributed by atoms with Gasteiger partial charge in [-0.05, 0) is 35.0 Å². The van der Waals surface area contributed by atoms with Gasteiger partial charge in [0.1, 0.15) is 6.61 Å². The Morgan fingerprint density at radius 3 is 2.29 bits per heavy atom. The zero-order valence-electron chi connectivity index (χ0n) is 16.8. The van der Waals surface area contributed by atoms with E-state index in [9.17, 15) is 13.2 Å². The van der Waals surface area contributed by atoms with Gasteiger partial charge < -0.3 is 14.4 Å². The second kappa shape index (κ2) is 7.86. The molecule has 8 heteroatoms. The maximum absolute atomic E-state index is 13.1. The topological polar surface area (TPSA) is 76.2 Å². The summed E-state index contributed by atoms with van der Waals surface area (Å²) in [5.74, 6) is 0.986. The molecule has 0 N–H and O–H groups in total. The SMILES string of the molecule is O=C(C1COc2ccccc2O1)N1CCN(S(=O)(=O)c2ccc3ccccc3c2)CC1. The van der Waals surface area contributed by atoms with Gasteiger partial charge in [0.05, 0.1) is 4.90 Å². The first kappa shape index (κ1) is 19.8. The molecular weight excluding hydrogens is 416 g/mol. The monoisotopic (exact) mass is 438 g/mol. The number of nitrogens with zero attached hydrogens (tertiary/aromatic N) is 2. The molecule has 1 fully saturated rings. The molecule has 31 heavy (non-hydrogen) atoms. The van der Waals surface area contributed by atoms with Gasteiger partial charge in [0, 0.05) is 26.2 Å². The summed E-state index contributed by atoms with van der Waals surface area (Å²) in [5.41, 5.74) is 0. The maximum atomic E-state index is 13.1. The van der Waals surface area contributed by atoms with Gasteiger partial charge >= 0.3 is 0 Å². The van der Waals surface area contributed by atoms with Crippen molar-refractivity contribution in [3.63, 3.8) is 0 Å². The summed E-state index contributed by atoms with van der Waals surface area (Å²) in [6.07, 6.45) is -0.724. The third kappa shape index (κ3) is 3.73. The van der Waals surface area contributed by atoms with Gasteiger partial charge in [0.25, 0.3) is 5.91 Å². The molecule has 1 amide bonds. The lowest BCUT2D eigenvalue weighted by Crippen LogP contribution is -2.55. The quantitative estimate of drug-likeness (QED) is 0.628. The zero-order valence-corrected chi connectivity index (χ0v) is 17.6. The number of hydrogen-bond acceptors (Lipinski definition) is 5. The van der Waals surface area contributed by atoms with Crippen LogP contribution in [0.15, 0.2) is 71.6 Å². The lowest BCUT2D eigenvalue weighted by atomic mass is 10.1. The Morgan fingerprint density at radius 1 is 0.839 bits per heavy atom. The van der Waals surface area contributed by atoms with Gasteiger partial charge in [0.2, 0.25) is 16.1 Å². The Labute approximate surface area is 180 Å². The van der Waals surface area contributed by atoms with Crippen molar-refractivity contribution >= 4 is 26.7 Å². The van der Waals surface area contributed by atoms with Crippen molar-refractivity contribution in [2.75, 3.05) is 32.8 Å². The highest BCUT2D eigenvalue weighted by Crippen LogP contribution is 2.31. The van der Waals surface area contributed by atoms with E-state index in [2.05, 4.69) is 0 Å². The summed E-state index contributed by atoms with van der Waals surface area (Å²) in [4.78, 5) is 14.8. The van der Waals surface area contributed by atoms with Crippen LogP contribution < -0.4 is 9.47 Å². The summed E-state index contributed by atoms with van der Waals surface area (Å²) in [7, 11) is -3.63. The van der Waals surface area contributed by atoms with Crippen molar-refractivity contribution in [3.8, 4) is 11.5 Å². The zero-order chi connectivity index (χ0) is 21.4. The van der Waals surface area contributed by atoms with Crippen LogP contribution in [0, 0.1) is 0 Å². The fourth-order valence-corrected chi connectivity index (χ4v) is 5.43. The minimum absolute atomic E-state index is 0.144. The Kier molecular flexibility index (Phi) is 5.03. The number of fused-ring (bicyclic) bond motifs is 2. The molecule has 2 aliphatic heterocycles. The predicted octanol–water partition coefficient (Wildman–Crippen LogP) is 2.51. The largest absolute Gasteiger partial charge is 0.485 e. The van der Waals surface area contributed by atoms with Gasteiger partial charge in [-0.2, -0.15) is 4.31 Å². The third-order valence-electron chi connectivity index (χ3n) is 5.69. The number of rotatable bonds is 3. The molecule has 3 aromatic rings. The van der Waals surface area contributed by atoms with Crippen molar-refractivity contribution in [1.82, 2.24) is 9.21 Å². The normalized spacial score (nSPS) is 19.4. The molecule has 1 saturated heterocycles. The maximum Gasteiger partial charge on any atom is 0.267 e. The van der Waals surface area contributed by atoms with E-state index >= 15 is 0 Å². The van der Waals surface area contributed by atoms with Crippen LogP contribution in [-0.2, 0) is 14.8 Å². The smallest absolute Gasteiger partial charge is 0.267 e. The molecule has 0 radical (unpaired) electrons. The van der Waals surface area contributed by atoms with Gasteiger partial charge in [0.15, 0.2) is 11.5 Å². The number of hydrogen-bond donors (Lipinski definition) is 0. The van der Waals surface area contributed by atoms with E-state index in [1.165, 1.54) is 4.31 Å². The molecule has 0 bridgehead atoms. The second-order valence-electron chi connectivity index (χ2n) is 7.60. The van der Waals surface area contributed by atoms with E-state index < -0.39 is 16.1 Å². The minimum Gasteiger partial charge on any atom is -0.485 e. The van der Waals surface area contributed by atoms with Crippen molar-refractivity contribution in [2.24, 2.45) is 0 Å². The van der Waals surface area contributed by atoms with Crippen molar-refractivity contribution in [2.45, 2.75) is 11.0 Å². The van der Waals surface area contributed by atoms with Crippen LogP contribution in [0.3, 0.4) is 0 Å². The summed E-state index contributed by atoms with van der Waals surface area (Å²) >= 11 is 0. The van der Waals surface area contributed by atoms with Crippen molar-refractivity contribution in [3.05, 3.63) is 66.7 Å². The lowest BCUT2D eigenvalue weighted by molar-refractivity contribution is -0.142. The molecule has 0 saturated carbocycles. The molecule has 2 heterocycles. The van der Waals surface area contributed by atoms with Crippen LogP contribution in [-0.4, -0.2) is 62.4 Å². The first-order chi connectivity index (χ1) is 15.0. The summed E-state index contributed by atoms with van der Waals surface area (Å²) < 4.78 is 39.1. The van der Waals surface area contributed by atoms with E-state index in [-0.39, 0.29) is 30.5 Å². The van der Waals surface area contributed by atoms with Gasteiger partial charge in [-0.3, -0.25) is 4.79 Å². The molecule has 2 aliphatic rings. The Balaban J connectivity index is 1.26. The van der Waals surface area contributed by atoms with Crippen LogP contribution in [0.5, 0.6) is 11.5 Å². The fraction of sp³-hybridized carbons (Fsp3) is 0.261. The number of ether oxygens (including phenoxy) is 2. The highest BCUT2D eigenvalue weighted by Gasteiger charge is 2.35. The van der Waals surface area contributed by atoms with Crippen molar-refractivity contribution in [1.29, 1.82) is 0 Å². The number of carbonyl (C=O) groups is 1. The van der Waals surface area contributed by atoms with E-state index in [4.69, 9.17) is 9.47 Å². The Morgan fingerprint density at radius 2 is 1.52 bits per heavy atom. The first-order valence-electron chi connectivity index (χ1n) is 10.2. The third-order valence-corrected chi connectivity index (χ3v) is 7.59. The molecule has 1 unspecified atom stereocenters. The molecule has 160 valence electrons. The Hall–Kier alpha value is -3.10. The second-order valence-corrected chi connectivity index (χ2v) is 9.54. The number of piperazine rings is 1. The molecule has 5 rings (SSSR count). The van der Waals surface area contributed by atoms with Crippen LogP contribution >= 0.6 is 0 Å². The molecule has 0 spiro atoms. The fourth-order valence-electron chi connectivity index (χ4n) is 3.97. The number of carbonyl (C=O) groups excluding carboxylic acids is 1. The standard InChI is InChI=1S/C23H22N2O5S/c26-23(22-16-29-20-7-3-4-8-21(20)30-22)24-11-13-25(14-12-24)31(27,28)19-10-9-17-5-1-2-6-18(17)15-19/h1-10,15,22H,11-14,16H2. The van der Waals surface area contributed by atoms with Gasteiger partial charge in [-0.15, -0.1) is 0 Å². The summed E-state index contributed by atoms with van der Waals surface area (Å²) in [6.45, 7) is 1.25. The molecule has 3 aromatic carbocycles. The number of benzene rings is 3. The van der Waals surface area contributed by atoms with E-state index in [0.29, 0.717) is 24.6 Å². The molecule has 1 atom stereocenters. The Bertz CT molecular complexity index is 1240. The van der Waals surface area contributed by atoms with E-state index in [0.717, 1.165) is 10.8 Å². The number of sulfonamides is 1. The molecule has 0 aromatic heterocycles. The average molecular weight is 439 g/mol. The van der Waals surface area contributed by atoms with Gasteiger partial charge in [-0.25, -0.2) is 8.42 Å². The van der Waals surface area contributed by atoms with Crippen molar-refractivity contribution < 1.29 is 22.7 Å². The highest BCUT2D eigenvalue weighted by molar-refractivity contribution is 7.89. The molecular formula is C23H22N2O5S. The first-order valence-corrected chi connectivity index (χ1v) is 11.6. The van der Waals surface area contributed by atoms with Crippen LogP contribution in [0.25, 0.3) is 10.8 Å². The van der Waals surface area contributed by atoms with Crippen LogP contribution in [0.4, 0.5) is 0 Å². The van der Waals surface area contributed by atoms with Crippen LogP contribution in [0.1, 0.15) is 0 Å². The highest BCUT2D eigenvalue weighted by atomic mass is 32.2.